The third-order valence-electron chi connectivity index (χ3n) is 5.02. The molecule has 140 valence electrons. The number of rotatable bonds is 4. The van der Waals surface area contributed by atoms with Gasteiger partial charge < -0.3 is 24.3 Å². The van der Waals surface area contributed by atoms with Crippen LogP contribution >= 0.6 is 12.4 Å². The maximum atomic E-state index is 13.1. The largest absolute Gasteiger partial charge is 0.459 e. The van der Waals surface area contributed by atoms with Crippen molar-refractivity contribution in [3.63, 3.8) is 0 Å². The van der Waals surface area contributed by atoms with Gasteiger partial charge >= 0.3 is 0 Å². The van der Waals surface area contributed by atoms with E-state index in [9.17, 15) is 9.59 Å². The van der Waals surface area contributed by atoms with Crippen molar-refractivity contribution in [1.82, 2.24) is 15.1 Å². The van der Waals surface area contributed by atoms with E-state index >= 15 is 0 Å². The minimum absolute atomic E-state index is 0. The van der Waals surface area contributed by atoms with Gasteiger partial charge in [0.1, 0.15) is 0 Å². The molecule has 0 aliphatic carbocycles. The van der Waals surface area contributed by atoms with Crippen LogP contribution in [0.3, 0.4) is 0 Å². The molecule has 0 unspecified atom stereocenters. The van der Waals surface area contributed by atoms with E-state index in [1.807, 2.05) is 4.90 Å². The molecule has 2 aliphatic heterocycles. The highest BCUT2D eigenvalue weighted by molar-refractivity contribution is 5.91. The molecule has 8 heteroatoms. The molecule has 1 N–H and O–H groups in total. The lowest BCUT2D eigenvalue weighted by molar-refractivity contribution is -0.149. The van der Waals surface area contributed by atoms with Gasteiger partial charge in [-0.2, -0.15) is 0 Å². The first-order valence-corrected chi connectivity index (χ1v) is 8.48. The van der Waals surface area contributed by atoms with Crippen LogP contribution in [0, 0.1) is 5.41 Å². The molecule has 3 heterocycles. The maximum Gasteiger partial charge on any atom is 0.289 e. The van der Waals surface area contributed by atoms with Crippen LogP contribution in [-0.4, -0.2) is 74.6 Å². The normalized spacial score (nSPS) is 20.0. The Kier molecular flexibility index (Phi) is 6.87. The fourth-order valence-corrected chi connectivity index (χ4v) is 3.61. The minimum atomic E-state index is -0.423. The van der Waals surface area contributed by atoms with Crippen molar-refractivity contribution in [3.05, 3.63) is 24.2 Å². The van der Waals surface area contributed by atoms with Gasteiger partial charge in [-0.3, -0.25) is 9.59 Å². The van der Waals surface area contributed by atoms with Crippen molar-refractivity contribution < 1.29 is 18.7 Å². The summed E-state index contributed by atoms with van der Waals surface area (Å²) in [6.45, 7) is 4.32. The smallest absolute Gasteiger partial charge is 0.289 e. The zero-order valence-electron chi connectivity index (χ0n) is 14.5. The van der Waals surface area contributed by atoms with Gasteiger partial charge in [-0.05, 0) is 38.1 Å². The number of nitrogens with one attached hydrogen (secondary N) is 1. The summed E-state index contributed by atoms with van der Waals surface area (Å²) in [7, 11) is 1.65. The summed E-state index contributed by atoms with van der Waals surface area (Å²) in [6, 6.07) is 3.38. The molecule has 1 aromatic heterocycles. The Hall–Kier alpha value is -1.57. The van der Waals surface area contributed by atoms with Gasteiger partial charge in [0.2, 0.25) is 5.91 Å². The second-order valence-electron chi connectivity index (χ2n) is 6.53. The Balaban J connectivity index is 0.00000225. The molecule has 2 fully saturated rings. The molecule has 0 atom stereocenters. The van der Waals surface area contributed by atoms with Gasteiger partial charge in [0.15, 0.2) is 5.76 Å². The number of methoxy groups -OCH3 is 1. The highest BCUT2D eigenvalue weighted by Gasteiger charge is 2.43. The first-order chi connectivity index (χ1) is 11.7. The van der Waals surface area contributed by atoms with Crippen LogP contribution in [-0.2, 0) is 9.53 Å². The third-order valence-corrected chi connectivity index (χ3v) is 5.02. The summed E-state index contributed by atoms with van der Waals surface area (Å²) in [5, 5.41) is 3.30. The summed E-state index contributed by atoms with van der Waals surface area (Å²) >= 11 is 0. The van der Waals surface area contributed by atoms with Crippen molar-refractivity contribution >= 4 is 24.2 Å². The second kappa shape index (κ2) is 8.69. The topological polar surface area (TPSA) is 75.0 Å². The summed E-state index contributed by atoms with van der Waals surface area (Å²) in [5.41, 5.74) is -0.423. The molecule has 0 aromatic carbocycles. The van der Waals surface area contributed by atoms with E-state index in [1.54, 1.807) is 24.1 Å². The van der Waals surface area contributed by atoms with Crippen LogP contribution in [0.25, 0.3) is 0 Å². The fourth-order valence-electron chi connectivity index (χ4n) is 3.61. The number of ether oxygens (including phenoxy) is 1. The summed E-state index contributed by atoms with van der Waals surface area (Å²) < 4.78 is 10.5. The average Bonchev–Trinajstić information content (AvgIpc) is 3.16. The lowest BCUT2D eigenvalue weighted by Crippen LogP contribution is -2.57. The Morgan fingerprint density at radius 3 is 2.40 bits per heavy atom. The molecule has 1 aromatic rings. The number of amides is 2. The minimum Gasteiger partial charge on any atom is -0.459 e. The Bertz CT molecular complexity index is 559. The van der Waals surface area contributed by atoms with E-state index in [1.165, 1.54) is 6.26 Å². The molecular formula is C17H26ClN3O4. The van der Waals surface area contributed by atoms with Gasteiger partial charge in [0, 0.05) is 33.3 Å². The Morgan fingerprint density at radius 1 is 1.20 bits per heavy atom. The molecule has 2 aliphatic rings. The Morgan fingerprint density at radius 2 is 1.84 bits per heavy atom. The first-order valence-electron chi connectivity index (χ1n) is 8.48. The average molecular weight is 372 g/mol. The van der Waals surface area contributed by atoms with Crippen molar-refractivity contribution in [2.24, 2.45) is 5.41 Å². The monoisotopic (exact) mass is 371 g/mol. The molecule has 3 rings (SSSR count). The predicted molar refractivity (Wildman–Crippen MR) is 94.9 cm³/mol. The number of carbonyl (C=O) groups excluding carboxylic acids is 2. The van der Waals surface area contributed by atoms with E-state index in [4.69, 9.17) is 9.15 Å². The SMILES string of the molecule is COCC1(C(=O)N2CCN(C(=O)c3ccco3)CC2)CCNCC1.Cl. The van der Waals surface area contributed by atoms with Crippen LogP contribution < -0.4 is 5.32 Å². The molecule has 25 heavy (non-hydrogen) atoms. The van der Waals surface area contributed by atoms with Crippen LogP contribution in [0.2, 0.25) is 0 Å². The number of halogens is 1. The molecule has 7 nitrogen and oxygen atoms in total. The molecule has 0 spiro atoms. The zero-order valence-corrected chi connectivity index (χ0v) is 15.3. The van der Waals surface area contributed by atoms with E-state index in [-0.39, 0.29) is 24.2 Å². The number of piperidine rings is 1. The van der Waals surface area contributed by atoms with Crippen LogP contribution in [0.5, 0.6) is 0 Å². The molecule has 0 radical (unpaired) electrons. The van der Waals surface area contributed by atoms with E-state index in [0.717, 1.165) is 25.9 Å². The maximum absolute atomic E-state index is 13.1. The van der Waals surface area contributed by atoms with Gasteiger partial charge in [0.05, 0.1) is 18.3 Å². The first kappa shape index (κ1) is 19.8. The van der Waals surface area contributed by atoms with Crippen LogP contribution in [0.1, 0.15) is 23.4 Å². The molecular weight excluding hydrogens is 346 g/mol. The molecule has 2 saturated heterocycles. The van der Waals surface area contributed by atoms with Gasteiger partial charge in [-0.25, -0.2) is 0 Å². The van der Waals surface area contributed by atoms with Gasteiger partial charge in [-0.15, -0.1) is 12.4 Å². The second-order valence-corrected chi connectivity index (χ2v) is 6.53. The molecule has 0 bridgehead atoms. The van der Waals surface area contributed by atoms with Crippen molar-refractivity contribution in [2.75, 3.05) is 53.0 Å². The zero-order chi connectivity index (χ0) is 17.0. The highest BCUT2D eigenvalue weighted by Crippen LogP contribution is 2.32. The van der Waals surface area contributed by atoms with E-state index < -0.39 is 5.41 Å². The van der Waals surface area contributed by atoms with Crippen molar-refractivity contribution in [2.45, 2.75) is 12.8 Å². The number of furan rings is 1. The lowest BCUT2D eigenvalue weighted by Gasteiger charge is -2.42. The number of carbonyl (C=O) groups is 2. The number of nitrogens with zero attached hydrogens (tertiary/aromatic N) is 2. The lowest BCUT2D eigenvalue weighted by atomic mass is 9.78. The van der Waals surface area contributed by atoms with Crippen molar-refractivity contribution in [1.29, 1.82) is 0 Å². The molecule has 2 amide bonds. The van der Waals surface area contributed by atoms with Gasteiger partial charge in [-0.1, -0.05) is 0 Å². The number of piperazine rings is 1. The van der Waals surface area contributed by atoms with Gasteiger partial charge in [0.25, 0.3) is 5.91 Å². The molecule has 0 saturated carbocycles. The number of hydrogen-bond donors (Lipinski definition) is 1. The number of hydrogen-bond acceptors (Lipinski definition) is 5. The standard InChI is InChI=1S/C17H25N3O4.ClH/c1-23-13-17(4-6-18-7-5-17)16(22)20-10-8-19(9-11-20)15(21)14-3-2-12-24-14;/h2-3,12,18H,4-11,13H2,1H3;1H. The van der Waals surface area contributed by atoms with E-state index in [0.29, 0.717) is 38.5 Å². The highest BCUT2D eigenvalue weighted by atomic mass is 35.5. The summed E-state index contributed by atoms with van der Waals surface area (Å²) in [6.07, 6.45) is 3.09. The van der Waals surface area contributed by atoms with E-state index in [2.05, 4.69) is 5.32 Å². The van der Waals surface area contributed by atoms with Crippen LogP contribution in [0.15, 0.2) is 22.8 Å². The quantitative estimate of drug-likeness (QED) is 0.854. The van der Waals surface area contributed by atoms with Crippen LogP contribution in [0.4, 0.5) is 0 Å². The summed E-state index contributed by atoms with van der Waals surface area (Å²) in [5.74, 6) is 0.403. The Labute approximate surface area is 154 Å². The van der Waals surface area contributed by atoms with Crippen molar-refractivity contribution in [3.8, 4) is 0 Å². The fraction of sp³-hybridized carbons (Fsp3) is 0.647. The third kappa shape index (κ3) is 4.16. The predicted octanol–water partition coefficient (Wildman–Crippen LogP) is 1.00. The summed E-state index contributed by atoms with van der Waals surface area (Å²) in [4.78, 5) is 29.0.